The van der Waals surface area contributed by atoms with E-state index in [0.717, 1.165) is 77.4 Å². The van der Waals surface area contributed by atoms with Crippen LogP contribution < -0.4 is 0 Å². The van der Waals surface area contributed by atoms with Gasteiger partial charge in [0.05, 0.1) is 19.4 Å². The number of rotatable bonds is 6. The van der Waals surface area contributed by atoms with Gasteiger partial charge < -0.3 is 9.64 Å². The highest BCUT2D eigenvalue weighted by Crippen LogP contribution is 2.36. The van der Waals surface area contributed by atoms with Gasteiger partial charge in [0.1, 0.15) is 0 Å². The number of hydrogen-bond acceptors (Lipinski definition) is 5. The first-order chi connectivity index (χ1) is 17.2. The second kappa shape index (κ2) is 11.6. The van der Waals surface area contributed by atoms with Crippen LogP contribution in [0.15, 0.2) is 70.5 Å². The van der Waals surface area contributed by atoms with Gasteiger partial charge in [-0.2, -0.15) is 5.10 Å². The van der Waals surface area contributed by atoms with E-state index in [-0.39, 0.29) is 0 Å². The molecule has 2 aromatic rings. The Bertz CT molecular complexity index is 1100. The molecule has 35 heavy (non-hydrogen) atoms. The van der Waals surface area contributed by atoms with Crippen molar-refractivity contribution in [3.05, 3.63) is 86.5 Å². The molecule has 184 valence electrons. The highest BCUT2D eigenvalue weighted by molar-refractivity contribution is 6.35. The molecule has 1 aliphatic carbocycles. The number of allylic oxidation sites excluding steroid dienone is 2. The van der Waals surface area contributed by atoms with Crippen LogP contribution in [-0.4, -0.2) is 73.5 Å². The van der Waals surface area contributed by atoms with E-state index in [1.807, 2.05) is 18.2 Å². The van der Waals surface area contributed by atoms with Gasteiger partial charge >= 0.3 is 0 Å². The lowest BCUT2D eigenvalue weighted by Crippen LogP contribution is -2.43. The lowest BCUT2D eigenvalue weighted by Gasteiger charge is -2.33. The highest BCUT2D eigenvalue weighted by atomic mass is 35.5. The Morgan fingerprint density at radius 2 is 1.66 bits per heavy atom. The quantitative estimate of drug-likeness (QED) is 0.476. The largest absolute Gasteiger partial charge is 0.378 e. The Kier molecular flexibility index (Phi) is 8.09. The van der Waals surface area contributed by atoms with Gasteiger partial charge in [0.2, 0.25) is 0 Å². The molecule has 2 fully saturated rings. The summed E-state index contributed by atoms with van der Waals surface area (Å²) in [5.74, 6) is 0. The summed E-state index contributed by atoms with van der Waals surface area (Å²) in [5, 5.41) is 8.47. The van der Waals surface area contributed by atoms with Gasteiger partial charge in [-0.05, 0) is 53.3 Å². The molecule has 2 aromatic carbocycles. The van der Waals surface area contributed by atoms with Gasteiger partial charge in [0.25, 0.3) is 0 Å². The molecule has 5 rings (SSSR count). The standard InChI is InChI=1S/C28H32Cl2N4O/c29-26-9-8-23(27(30)19-26)18-24-6-7-25(28(24)33-14-16-35-17-15-33)20-31-34-12-10-32(11-13-34)21-22-4-2-1-3-5-22/h1-5,8-9,18-20H,6-7,10-17,21H2. The third kappa shape index (κ3) is 6.28. The molecule has 3 aliphatic rings. The van der Waals surface area contributed by atoms with E-state index in [9.17, 15) is 0 Å². The maximum absolute atomic E-state index is 6.49. The van der Waals surface area contributed by atoms with Crippen molar-refractivity contribution in [1.82, 2.24) is 14.8 Å². The molecule has 2 heterocycles. The molecule has 2 saturated heterocycles. The number of hydrazone groups is 1. The van der Waals surface area contributed by atoms with Crippen molar-refractivity contribution in [2.75, 3.05) is 52.5 Å². The van der Waals surface area contributed by atoms with E-state index in [2.05, 4.69) is 57.4 Å². The van der Waals surface area contributed by atoms with Gasteiger partial charge in [-0.25, -0.2) is 0 Å². The minimum atomic E-state index is 0.657. The molecule has 0 saturated carbocycles. The first-order valence-electron chi connectivity index (χ1n) is 12.4. The van der Waals surface area contributed by atoms with E-state index in [1.54, 1.807) is 0 Å². The zero-order valence-corrected chi connectivity index (χ0v) is 21.5. The average Bonchev–Trinajstić information content (AvgIpc) is 3.29. The van der Waals surface area contributed by atoms with Gasteiger partial charge in [0.15, 0.2) is 0 Å². The smallest absolute Gasteiger partial charge is 0.0642 e. The van der Waals surface area contributed by atoms with Crippen LogP contribution in [-0.2, 0) is 11.3 Å². The van der Waals surface area contributed by atoms with Crippen LogP contribution in [0.5, 0.6) is 0 Å². The molecular formula is C28H32Cl2N4O. The molecule has 0 bridgehead atoms. The van der Waals surface area contributed by atoms with Crippen LogP contribution in [0.1, 0.15) is 24.0 Å². The van der Waals surface area contributed by atoms with Crippen LogP contribution in [0, 0.1) is 0 Å². The predicted molar refractivity (Wildman–Crippen MR) is 145 cm³/mol. The molecule has 0 N–H and O–H groups in total. The van der Waals surface area contributed by atoms with Crippen molar-refractivity contribution in [3.63, 3.8) is 0 Å². The van der Waals surface area contributed by atoms with Crippen molar-refractivity contribution in [2.24, 2.45) is 5.10 Å². The number of hydrogen-bond donors (Lipinski definition) is 0. The topological polar surface area (TPSA) is 31.3 Å². The second-order valence-electron chi connectivity index (χ2n) is 9.27. The number of nitrogens with zero attached hydrogens (tertiary/aromatic N) is 4. The lowest BCUT2D eigenvalue weighted by molar-refractivity contribution is 0.0548. The minimum absolute atomic E-state index is 0.657. The Balaban J connectivity index is 1.30. The molecular weight excluding hydrogens is 479 g/mol. The summed E-state index contributed by atoms with van der Waals surface area (Å²) in [6, 6.07) is 16.4. The zero-order chi connectivity index (χ0) is 24.0. The summed E-state index contributed by atoms with van der Waals surface area (Å²) < 4.78 is 5.62. The third-order valence-corrected chi connectivity index (χ3v) is 7.43. The molecule has 0 amide bonds. The van der Waals surface area contributed by atoms with Gasteiger partial charge in [0, 0.05) is 61.6 Å². The van der Waals surface area contributed by atoms with E-state index < -0.39 is 0 Å². The molecule has 0 radical (unpaired) electrons. The maximum atomic E-state index is 6.49. The Morgan fingerprint density at radius 3 is 2.40 bits per heavy atom. The molecule has 0 unspecified atom stereocenters. The van der Waals surface area contributed by atoms with Crippen LogP contribution >= 0.6 is 23.2 Å². The zero-order valence-electron chi connectivity index (χ0n) is 20.0. The van der Waals surface area contributed by atoms with Gasteiger partial charge in [-0.15, -0.1) is 0 Å². The molecule has 5 nitrogen and oxygen atoms in total. The van der Waals surface area contributed by atoms with Crippen molar-refractivity contribution >= 4 is 35.5 Å². The number of ether oxygens (including phenoxy) is 1. The van der Waals surface area contributed by atoms with Crippen molar-refractivity contribution in [2.45, 2.75) is 19.4 Å². The number of morpholine rings is 1. The van der Waals surface area contributed by atoms with Crippen LogP contribution in [0.4, 0.5) is 0 Å². The number of piperazine rings is 1. The van der Waals surface area contributed by atoms with Crippen molar-refractivity contribution in [3.8, 4) is 0 Å². The monoisotopic (exact) mass is 510 g/mol. The summed E-state index contributed by atoms with van der Waals surface area (Å²) in [6.07, 6.45) is 6.29. The first-order valence-corrected chi connectivity index (χ1v) is 13.2. The van der Waals surface area contributed by atoms with E-state index in [1.165, 1.54) is 22.4 Å². The fourth-order valence-electron chi connectivity index (χ4n) is 4.98. The van der Waals surface area contributed by atoms with Gasteiger partial charge in [-0.1, -0.05) is 59.6 Å². The first kappa shape index (κ1) is 24.4. The van der Waals surface area contributed by atoms with Gasteiger partial charge in [-0.3, -0.25) is 9.91 Å². The summed E-state index contributed by atoms with van der Waals surface area (Å²) in [4.78, 5) is 4.96. The Labute approximate surface area is 218 Å². The number of benzene rings is 2. The van der Waals surface area contributed by atoms with Crippen LogP contribution in [0.2, 0.25) is 10.0 Å². The normalized spacial score (nSPS) is 21.0. The average molecular weight is 511 g/mol. The second-order valence-corrected chi connectivity index (χ2v) is 10.1. The molecule has 0 atom stereocenters. The van der Waals surface area contributed by atoms with Crippen LogP contribution in [0.25, 0.3) is 6.08 Å². The van der Waals surface area contributed by atoms with Crippen LogP contribution in [0.3, 0.4) is 0 Å². The summed E-state index contributed by atoms with van der Waals surface area (Å²) in [7, 11) is 0. The molecule has 0 aromatic heterocycles. The van der Waals surface area contributed by atoms with Crippen molar-refractivity contribution < 1.29 is 4.74 Å². The summed E-state index contributed by atoms with van der Waals surface area (Å²) in [5.41, 5.74) is 6.28. The number of halogens is 2. The Hall–Kier alpha value is -2.31. The van der Waals surface area contributed by atoms with Crippen molar-refractivity contribution in [1.29, 1.82) is 0 Å². The summed E-state index contributed by atoms with van der Waals surface area (Å²) in [6.45, 7) is 8.28. The molecule has 2 aliphatic heterocycles. The minimum Gasteiger partial charge on any atom is -0.378 e. The molecule has 7 heteroatoms. The summed E-state index contributed by atoms with van der Waals surface area (Å²) >= 11 is 12.6. The SMILES string of the molecule is Clc1ccc(C=C2CCC(C=NN3CCN(Cc4ccccc4)CC3)=C2N2CCOCC2)c(Cl)c1. The molecule has 0 spiro atoms. The predicted octanol–water partition coefficient (Wildman–Crippen LogP) is 5.56. The fraction of sp³-hybridized carbons (Fsp3) is 0.393. The third-order valence-electron chi connectivity index (χ3n) is 6.87. The highest BCUT2D eigenvalue weighted by Gasteiger charge is 2.26. The Morgan fingerprint density at radius 1 is 0.886 bits per heavy atom. The fourth-order valence-corrected chi connectivity index (χ4v) is 5.44. The van der Waals surface area contributed by atoms with E-state index in [4.69, 9.17) is 33.0 Å². The van der Waals surface area contributed by atoms with E-state index in [0.29, 0.717) is 10.0 Å². The van der Waals surface area contributed by atoms with E-state index >= 15 is 0 Å². The maximum Gasteiger partial charge on any atom is 0.0642 e. The lowest BCUT2D eigenvalue weighted by atomic mass is 10.1.